The highest BCUT2D eigenvalue weighted by Gasteiger charge is 2.40. The highest BCUT2D eigenvalue weighted by atomic mass is 16.7. The van der Waals surface area contributed by atoms with E-state index < -0.39 is 18.1 Å². The lowest BCUT2D eigenvalue weighted by molar-refractivity contribution is -0.145. The van der Waals surface area contributed by atoms with Crippen LogP contribution in [0.3, 0.4) is 0 Å². The Bertz CT molecular complexity index is 642. The number of rotatable bonds is 6. The van der Waals surface area contributed by atoms with Gasteiger partial charge in [-0.1, -0.05) is 5.11 Å². The van der Waals surface area contributed by atoms with Crippen molar-refractivity contribution in [3.05, 3.63) is 40.3 Å². The van der Waals surface area contributed by atoms with E-state index in [1.165, 1.54) is 19.1 Å². The van der Waals surface area contributed by atoms with Crippen LogP contribution in [0.5, 0.6) is 5.75 Å². The van der Waals surface area contributed by atoms with Crippen molar-refractivity contribution < 1.29 is 23.8 Å². The van der Waals surface area contributed by atoms with E-state index in [1.54, 1.807) is 24.3 Å². The summed E-state index contributed by atoms with van der Waals surface area (Å²) in [6.07, 6.45) is 0.248. The Balaban J connectivity index is 2.16. The molecule has 0 spiro atoms. The van der Waals surface area contributed by atoms with E-state index in [0.29, 0.717) is 11.3 Å². The Labute approximate surface area is 138 Å². The first kappa shape index (κ1) is 17.6. The lowest BCUT2D eigenvalue weighted by Gasteiger charge is -2.22. The van der Waals surface area contributed by atoms with Crippen molar-refractivity contribution in [3.63, 3.8) is 0 Å². The zero-order valence-corrected chi connectivity index (χ0v) is 13.4. The highest BCUT2D eigenvalue weighted by Crippen LogP contribution is 2.24. The number of azide groups is 1. The molecular formula is C15H18N4O5. The number of methoxy groups -OCH3 is 2. The fourth-order valence-electron chi connectivity index (χ4n) is 2.54. The SMILES string of the molecule is COCOc1ccc(C(=O)N2C[C@@H](N=[N+]=[N-])C[C@H]2C(=O)OC)cc1. The maximum atomic E-state index is 12.7. The topological polar surface area (TPSA) is 114 Å². The molecule has 1 aromatic carbocycles. The molecule has 0 unspecified atom stereocenters. The second-order valence-electron chi connectivity index (χ2n) is 5.17. The molecule has 0 aliphatic carbocycles. The lowest BCUT2D eigenvalue weighted by atomic mass is 10.1. The van der Waals surface area contributed by atoms with E-state index in [2.05, 4.69) is 10.0 Å². The van der Waals surface area contributed by atoms with Crippen LogP contribution in [0.1, 0.15) is 16.8 Å². The van der Waals surface area contributed by atoms with E-state index in [4.69, 9.17) is 19.7 Å². The molecule has 128 valence electrons. The molecule has 0 bridgehead atoms. The van der Waals surface area contributed by atoms with Crippen LogP contribution in [0.4, 0.5) is 0 Å². The van der Waals surface area contributed by atoms with Crippen LogP contribution in [0, 0.1) is 0 Å². The molecule has 0 aromatic heterocycles. The van der Waals surface area contributed by atoms with Gasteiger partial charge in [-0.25, -0.2) is 4.79 Å². The predicted octanol–water partition coefficient (Wildman–Crippen LogP) is 1.74. The summed E-state index contributed by atoms with van der Waals surface area (Å²) < 4.78 is 14.8. The Morgan fingerprint density at radius 2 is 2.04 bits per heavy atom. The molecule has 9 nitrogen and oxygen atoms in total. The van der Waals surface area contributed by atoms with Crippen LogP contribution in [-0.2, 0) is 14.3 Å². The summed E-state index contributed by atoms with van der Waals surface area (Å²) in [5.74, 6) is -0.301. The monoisotopic (exact) mass is 334 g/mol. The summed E-state index contributed by atoms with van der Waals surface area (Å²) in [5.41, 5.74) is 8.97. The molecule has 0 saturated carbocycles. The van der Waals surface area contributed by atoms with Gasteiger partial charge in [0.05, 0.1) is 13.2 Å². The van der Waals surface area contributed by atoms with Gasteiger partial charge in [-0.05, 0) is 36.2 Å². The van der Waals surface area contributed by atoms with Gasteiger partial charge in [-0.15, -0.1) is 0 Å². The zero-order valence-electron chi connectivity index (χ0n) is 13.4. The lowest BCUT2D eigenvalue weighted by Crippen LogP contribution is -2.41. The minimum atomic E-state index is -0.762. The summed E-state index contributed by atoms with van der Waals surface area (Å²) in [5, 5.41) is 3.61. The van der Waals surface area contributed by atoms with E-state index in [-0.39, 0.29) is 25.7 Å². The van der Waals surface area contributed by atoms with E-state index in [1.807, 2.05) is 0 Å². The van der Waals surface area contributed by atoms with Crippen molar-refractivity contribution >= 4 is 11.9 Å². The predicted molar refractivity (Wildman–Crippen MR) is 83.3 cm³/mol. The highest BCUT2D eigenvalue weighted by molar-refractivity contribution is 5.97. The van der Waals surface area contributed by atoms with Crippen LogP contribution >= 0.6 is 0 Å². The average Bonchev–Trinajstić information content (AvgIpc) is 3.03. The number of esters is 1. The minimum absolute atomic E-state index is 0.109. The van der Waals surface area contributed by atoms with Gasteiger partial charge in [0.25, 0.3) is 5.91 Å². The molecule has 1 saturated heterocycles. The quantitative estimate of drug-likeness (QED) is 0.258. The fourth-order valence-corrected chi connectivity index (χ4v) is 2.54. The van der Waals surface area contributed by atoms with Crippen LogP contribution in [0.25, 0.3) is 10.4 Å². The maximum absolute atomic E-state index is 12.7. The van der Waals surface area contributed by atoms with Crippen molar-refractivity contribution in [2.24, 2.45) is 5.11 Å². The Morgan fingerprint density at radius 3 is 2.62 bits per heavy atom. The summed E-state index contributed by atoms with van der Waals surface area (Å²) in [6, 6.07) is 5.26. The second-order valence-corrected chi connectivity index (χ2v) is 5.17. The number of amides is 1. The van der Waals surface area contributed by atoms with E-state index >= 15 is 0 Å². The van der Waals surface area contributed by atoms with Crippen molar-refractivity contribution in [3.8, 4) is 5.75 Å². The summed E-state index contributed by atoms with van der Waals surface area (Å²) >= 11 is 0. The zero-order chi connectivity index (χ0) is 17.5. The fraction of sp³-hybridized carbons (Fsp3) is 0.467. The molecule has 24 heavy (non-hydrogen) atoms. The van der Waals surface area contributed by atoms with Gasteiger partial charge in [-0.2, -0.15) is 0 Å². The van der Waals surface area contributed by atoms with Crippen LogP contribution < -0.4 is 4.74 Å². The first-order valence-electron chi connectivity index (χ1n) is 7.25. The van der Waals surface area contributed by atoms with Crippen molar-refractivity contribution in [2.45, 2.75) is 18.5 Å². The molecule has 2 atom stereocenters. The number of carbonyl (C=O) groups excluding carboxylic acids is 2. The number of ether oxygens (including phenoxy) is 3. The smallest absolute Gasteiger partial charge is 0.328 e. The molecule has 2 rings (SSSR count). The van der Waals surface area contributed by atoms with Gasteiger partial charge < -0.3 is 19.1 Å². The number of hydrogen-bond donors (Lipinski definition) is 0. The normalized spacial score (nSPS) is 19.5. The standard InChI is InChI=1S/C15H18N4O5/c1-22-9-24-12-5-3-10(4-6-12)14(20)19-8-11(17-18-16)7-13(19)15(21)23-2/h3-6,11,13H,7-9H2,1-2H3/t11-,13-/m0/s1. The molecule has 0 radical (unpaired) electrons. The summed E-state index contributed by atoms with van der Waals surface area (Å²) in [7, 11) is 2.77. The number of nitrogens with zero attached hydrogens (tertiary/aromatic N) is 4. The van der Waals surface area contributed by atoms with Gasteiger partial charge in [0, 0.05) is 24.1 Å². The molecule has 1 amide bonds. The number of benzene rings is 1. The van der Waals surface area contributed by atoms with Gasteiger partial charge in [0.2, 0.25) is 0 Å². The van der Waals surface area contributed by atoms with Crippen LogP contribution in [0.2, 0.25) is 0 Å². The average molecular weight is 334 g/mol. The van der Waals surface area contributed by atoms with Gasteiger partial charge >= 0.3 is 5.97 Å². The van der Waals surface area contributed by atoms with Crippen molar-refractivity contribution in [1.82, 2.24) is 4.90 Å². The molecular weight excluding hydrogens is 316 g/mol. The van der Waals surface area contributed by atoms with Crippen LogP contribution in [-0.4, -0.2) is 56.4 Å². The first-order valence-corrected chi connectivity index (χ1v) is 7.25. The van der Waals surface area contributed by atoms with Crippen molar-refractivity contribution in [2.75, 3.05) is 27.6 Å². The molecule has 1 heterocycles. The van der Waals surface area contributed by atoms with Crippen LogP contribution in [0.15, 0.2) is 29.4 Å². The van der Waals surface area contributed by atoms with Gasteiger partial charge in [0.15, 0.2) is 6.79 Å². The van der Waals surface area contributed by atoms with Gasteiger partial charge in [0.1, 0.15) is 11.8 Å². The molecule has 1 aromatic rings. The number of hydrogen-bond acceptors (Lipinski definition) is 6. The molecule has 9 heteroatoms. The summed E-state index contributed by atoms with van der Waals surface area (Å²) in [6.45, 7) is 0.280. The summed E-state index contributed by atoms with van der Waals surface area (Å²) in [4.78, 5) is 28.7. The Hall–Kier alpha value is -2.77. The van der Waals surface area contributed by atoms with Crippen molar-refractivity contribution in [1.29, 1.82) is 0 Å². The minimum Gasteiger partial charge on any atom is -0.468 e. The van der Waals surface area contributed by atoms with E-state index in [9.17, 15) is 9.59 Å². The van der Waals surface area contributed by atoms with E-state index in [0.717, 1.165) is 0 Å². The molecule has 1 fully saturated rings. The Kier molecular flexibility index (Phi) is 6.00. The molecule has 0 N–H and O–H groups in total. The molecule has 1 aliphatic rings. The Morgan fingerprint density at radius 1 is 1.33 bits per heavy atom. The third-order valence-electron chi connectivity index (χ3n) is 3.67. The number of carbonyl (C=O) groups is 2. The maximum Gasteiger partial charge on any atom is 0.328 e. The second kappa shape index (κ2) is 8.19. The number of likely N-dealkylation sites (tertiary alicyclic amines) is 1. The third kappa shape index (κ3) is 3.95. The first-order chi connectivity index (χ1) is 11.6. The largest absolute Gasteiger partial charge is 0.468 e. The third-order valence-corrected chi connectivity index (χ3v) is 3.67. The van der Waals surface area contributed by atoms with Gasteiger partial charge in [-0.3, -0.25) is 4.79 Å². The molecule has 1 aliphatic heterocycles.